The number of rotatable bonds is 8. The van der Waals surface area contributed by atoms with E-state index in [-0.39, 0.29) is 5.91 Å². The quantitative estimate of drug-likeness (QED) is 0.403. The van der Waals surface area contributed by atoms with E-state index in [4.69, 9.17) is 9.47 Å². The van der Waals surface area contributed by atoms with Crippen molar-refractivity contribution in [3.8, 4) is 22.1 Å². The lowest BCUT2D eigenvalue weighted by atomic mass is 10.2. The van der Waals surface area contributed by atoms with Gasteiger partial charge in [-0.15, -0.1) is 0 Å². The van der Waals surface area contributed by atoms with Gasteiger partial charge in [-0.3, -0.25) is 20.1 Å². The molecule has 0 aliphatic heterocycles. The average molecular weight is 447 g/mol. The summed E-state index contributed by atoms with van der Waals surface area (Å²) in [5.41, 5.74) is 3.10. The van der Waals surface area contributed by atoms with E-state index in [2.05, 4.69) is 20.3 Å². The number of amides is 1. The van der Waals surface area contributed by atoms with E-state index < -0.39 is 0 Å². The van der Waals surface area contributed by atoms with Gasteiger partial charge in [0.05, 0.1) is 22.9 Å². The van der Waals surface area contributed by atoms with Gasteiger partial charge in [-0.2, -0.15) is 0 Å². The Kier molecular flexibility index (Phi) is 6.72. The number of nitrogens with zero attached hydrogens (tertiary/aromatic N) is 3. The number of aromatic nitrogens is 3. The number of benzene rings is 1. The smallest absolute Gasteiger partial charge is 0.257 e. The maximum atomic E-state index is 12.9. The number of thiazole rings is 1. The lowest BCUT2D eigenvalue weighted by Crippen LogP contribution is -2.12. The summed E-state index contributed by atoms with van der Waals surface area (Å²) in [6.45, 7) is 4.62. The van der Waals surface area contributed by atoms with Gasteiger partial charge in [0.1, 0.15) is 6.61 Å². The number of aryl methyl sites for hydroxylation is 1. The lowest BCUT2D eigenvalue weighted by Gasteiger charge is -2.13. The van der Waals surface area contributed by atoms with Crippen molar-refractivity contribution < 1.29 is 14.3 Å². The zero-order valence-electron chi connectivity index (χ0n) is 17.7. The molecule has 7 nitrogen and oxygen atoms in total. The predicted octanol–water partition coefficient (Wildman–Crippen LogP) is 5.14. The second kappa shape index (κ2) is 10.0. The van der Waals surface area contributed by atoms with Gasteiger partial charge in [0.2, 0.25) is 0 Å². The average Bonchev–Trinajstić information content (AvgIpc) is 3.19. The summed E-state index contributed by atoms with van der Waals surface area (Å²) in [4.78, 5) is 26.6. The predicted molar refractivity (Wildman–Crippen MR) is 124 cm³/mol. The SMILES string of the molecule is CCOc1cc(C(=O)Nc2nc(C)c(-c3ccccn3)s2)ccc1OCc1ccncc1. The molecule has 0 spiro atoms. The second-order valence-corrected chi connectivity index (χ2v) is 7.84. The first-order valence-electron chi connectivity index (χ1n) is 10.1. The molecule has 0 atom stereocenters. The zero-order chi connectivity index (χ0) is 22.3. The molecule has 8 heteroatoms. The highest BCUT2D eigenvalue weighted by atomic mass is 32.1. The number of carbonyl (C=O) groups excluding carboxylic acids is 1. The van der Waals surface area contributed by atoms with Crippen LogP contribution in [-0.4, -0.2) is 27.5 Å². The number of anilines is 1. The summed E-state index contributed by atoms with van der Waals surface area (Å²) in [5.74, 6) is 0.814. The van der Waals surface area contributed by atoms with E-state index in [0.29, 0.717) is 35.4 Å². The molecule has 0 saturated heterocycles. The molecule has 3 heterocycles. The van der Waals surface area contributed by atoms with Gasteiger partial charge >= 0.3 is 0 Å². The summed E-state index contributed by atoms with van der Waals surface area (Å²) >= 11 is 1.39. The van der Waals surface area contributed by atoms with Gasteiger partial charge in [0.25, 0.3) is 5.91 Å². The third-order valence-electron chi connectivity index (χ3n) is 4.56. The van der Waals surface area contributed by atoms with Crippen molar-refractivity contribution in [3.05, 3.63) is 83.9 Å². The van der Waals surface area contributed by atoms with Gasteiger partial charge in [0.15, 0.2) is 16.6 Å². The molecule has 162 valence electrons. The molecular weight excluding hydrogens is 424 g/mol. The van der Waals surface area contributed by atoms with Crippen LogP contribution in [0, 0.1) is 6.92 Å². The van der Waals surface area contributed by atoms with Crippen molar-refractivity contribution in [2.24, 2.45) is 0 Å². The van der Waals surface area contributed by atoms with Crippen molar-refractivity contribution in [1.82, 2.24) is 15.0 Å². The van der Waals surface area contributed by atoms with Gasteiger partial charge in [-0.1, -0.05) is 17.4 Å². The van der Waals surface area contributed by atoms with Crippen LogP contribution in [0.5, 0.6) is 11.5 Å². The summed E-state index contributed by atoms with van der Waals surface area (Å²) in [6, 6.07) is 14.6. The van der Waals surface area contributed by atoms with Crippen LogP contribution in [-0.2, 0) is 6.61 Å². The third-order valence-corrected chi connectivity index (χ3v) is 5.66. The first-order chi connectivity index (χ1) is 15.6. The van der Waals surface area contributed by atoms with Crippen molar-refractivity contribution in [1.29, 1.82) is 0 Å². The van der Waals surface area contributed by atoms with Gasteiger partial charge in [-0.05, 0) is 61.9 Å². The highest BCUT2D eigenvalue weighted by Gasteiger charge is 2.16. The molecule has 0 saturated carbocycles. The van der Waals surface area contributed by atoms with Crippen molar-refractivity contribution in [3.63, 3.8) is 0 Å². The third kappa shape index (κ3) is 5.09. The number of ether oxygens (including phenoxy) is 2. The van der Waals surface area contributed by atoms with Crippen LogP contribution >= 0.6 is 11.3 Å². The summed E-state index contributed by atoms with van der Waals surface area (Å²) in [5, 5.41) is 3.39. The second-order valence-electron chi connectivity index (χ2n) is 6.84. The molecule has 0 radical (unpaired) electrons. The molecule has 32 heavy (non-hydrogen) atoms. The Morgan fingerprint density at radius 3 is 2.62 bits per heavy atom. The Balaban J connectivity index is 1.49. The maximum absolute atomic E-state index is 12.9. The number of carbonyl (C=O) groups is 1. The lowest BCUT2D eigenvalue weighted by molar-refractivity contribution is 0.102. The van der Waals surface area contributed by atoms with Gasteiger partial charge in [0, 0.05) is 24.2 Å². The normalized spacial score (nSPS) is 10.6. The van der Waals surface area contributed by atoms with Crippen molar-refractivity contribution >= 4 is 22.4 Å². The molecule has 0 bridgehead atoms. The maximum Gasteiger partial charge on any atom is 0.257 e. The van der Waals surface area contributed by atoms with Crippen LogP contribution in [0.4, 0.5) is 5.13 Å². The van der Waals surface area contributed by atoms with Gasteiger partial charge in [-0.25, -0.2) is 4.98 Å². The molecule has 4 aromatic rings. The highest BCUT2D eigenvalue weighted by Crippen LogP contribution is 2.33. The Morgan fingerprint density at radius 2 is 1.88 bits per heavy atom. The Morgan fingerprint density at radius 1 is 1.03 bits per heavy atom. The molecule has 4 rings (SSSR count). The standard InChI is InChI=1S/C24H22N4O3S/c1-3-30-21-14-18(7-8-20(21)31-15-17-9-12-25-13-10-17)23(29)28-24-27-16(2)22(32-24)19-6-4-5-11-26-19/h4-14H,3,15H2,1-2H3,(H,27,28,29). The largest absolute Gasteiger partial charge is 0.490 e. The molecule has 0 aliphatic rings. The van der Waals surface area contributed by atoms with E-state index in [9.17, 15) is 4.79 Å². The minimum Gasteiger partial charge on any atom is -0.490 e. The van der Waals surface area contributed by atoms with Crippen LogP contribution in [0.2, 0.25) is 0 Å². The Bertz CT molecular complexity index is 1200. The van der Waals surface area contributed by atoms with Crippen LogP contribution in [0.3, 0.4) is 0 Å². The molecule has 1 amide bonds. The number of hydrogen-bond acceptors (Lipinski definition) is 7. The minimum atomic E-state index is -0.270. The molecule has 3 aromatic heterocycles. The zero-order valence-corrected chi connectivity index (χ0v) is 18.6. The monoisotopic (exact) mass is 446 g/mol. The van der Waals surface area contributed by atoms with Gasteiger partial charge < -0.3 is 9.47 Å². The number of nitrogens with one attached hydrogen (secondary N) is 1. The summed E-state index contributed by atoms with van der Waals surface area (Å²) in [6.07, 6.45) is 5.17. The fourth-order valence-corrected chi connectivity index (χ4v) is 3.97. The Labute approximate surface area is 190 Å². The molecule has 0 fully saturated rings. The van der Waals surface area contributed by atoms with E-state index in [1.165, 1.54) is 11.3 Å². The van der Waals surface area contributed by atoms with Crippen molar-refractivity contribution in [2.45, 2.75) is 20.5 Å². The fraction of sp³-hybridized carbons (Fsp3) is 0.167. The van der Waals surface area contributed by atoms with Crippen LogP contribution in [0.25, 0.3) is 10.6 Å². The fourth-order valence-electron chi connectivity index (χ4n) is 3.03. The van der Waals surface area contributed by atoms with Crippen LogP contribution in [0.1, 0.15) is 28.5 Å². The summed E-state index contributed by atoms with van der Waals surface area (Å²) in [7, 11) is 0. The van der Waals surface area contributed by atoms with E-state index in [1.807, 2.05) is 44.2 Å². The first kappa shape index (κ1) is 21.5. The summed E-state index contributed by atoms with van der Waals surface area (Å²) < 4.78 is 11.6. The molecule has 1 N–H and O–H groups in total. The number of pyridine rings is 2. The van der Waals surface area contributed by atoms with Crippen molar-refractivity contribution in [2.75, 3.05) is 11.9 Å². The van der Waals surface area contributed by atoms with E-state index >= 15 is 0 Å². The highest BCUT2D eigenvalue weighted by molar-refractivity contribution is 7.19. The first-order valence-corrected chi connectivity index (χ1v) is 10.9. The van der Waals surface area contributed by atoms with E-state index in [1.54, 1.807) is 36.8 Å². The van der Waals surface area contributed by atoms with E-state index in [0.717, 1.165) is 21.8 Å². The molecule has 0 unspecified atom stereocenters. The molecular formula is C24H22N4O3S. The van der Waals surface area contributed by atoms with Crippen LogP contribution in [0.15, 0.2) is 67.1 Å². The minimum absolute atomic E-state index is 0.270. The topological polar surface area (TPSA) is 86.2 Å². The number of hydrogen-bond donors (Lipinski definition) is 1. The molecule has 0 aliphatic carbocycles. The molecule has 1 aromatic carbocycles. The Hall–Kier alpha value is -3.78. The van der Waals surface area contributed by atoms with Crippen LogP contribution < -0.4 is 14.8 Å².